The number of rotatable bonds is 5. The second-order valence-electron chi connectivity index (χ2n) is 6.91. The first-order chi connectivity index (χ1) is 13.8. The number of piperidine rings is 1. The maximum atomic E-state index is 13.0. The Kier molecular flexibility index (Phi) is 5.37. The van der Waals surface area contributed by atoms with Crippen molar-refractivity contribution in [1.29, 1.82) is 0 Å². The standard InChI is InChI=1S/C22H23N3O3/c1-27-19-13-6-5-11-17(19)15-20-23-21(28-24-20)18-12-7-8-14-25(18)22(26)16-9-3-2-4-10-16/h2-6,9-11,13,18H,7-8,12,14-15H2,1H3/t18-/m0/s1. The van der Waals surface area contributed by atoms with Crippen LogP contribution in [0.1, 0.15) is 52.9 Å². The zero-order valence-electron chi connectivity index (χ0n) is 15.9. The van der Waals surface area contributed by atoms with Crippen LogP contribution in [0.5, 0.6) is 5.75 Å². The molecule has 2 heterocycles. The maximum absolute atomic E-state index is 13.0. The predicted octanol–water partition coefficient (Wildman–Crippen LogP) is 4.04. The summed E-state index contributed by atoms with van der Waals surface area (Å²) in [6, 6.07) is 17.0. The first kappa shape index (κ1) is 18.2. The van der Waals surface area contributed by atoms with Crippen molar-refractivity contribution in [3.63, 3.8) is 0 Å². The second kappa shape index (κ2) is 8.25. The summed E-state index contributed by atoms with van der Waals surface area (Å²) in [5, 5.41) is 4.15. The number of carbonyl (C=O) groups excluding carboxylic acids is 1. The maximum Gasteiger partial charge on any atom is 0.254 e. The van der Waals surface area contributed by atoms with Gasteiger partial charge in [-0.25, -0.2) is 0 Å². The number of hydrogen-bond acceptors (Lipinski definition) is 5. The zero-order chi connectivity index (χ0) is 19.3. The fraction of sp³-hybridized carbons (Fsp3) is 0.318. The van der Waals surface area contributed by atoms with Gasteiger partial charge in [0.15, 0.2) is 5.82 Å². The Morgan fingerprint density at radius 2 is 1.93 bits per heavy atom. The molecule has 1 amide bonds. The van der Waals surface area contributed by atoms with Gasteiger partial charge in [-0.1, -0.05) is 41.6 Å². The van der Waals surface area contributed by atoms with Gasteiger partial charge in [0.1, 0.15) is 11.8 Å². The van der Waals surface area contributed by atoms with Gasteiger partial charge >= 0.3 is 0 Å². The summed E-state index contributed by atoms with van der Waals surface area (Å²) in [5.74, 6) is 1.91. The molecule has 1 fully saturated rings. The van der Waals surface area contributed by atoms with Crippen molar-refractivity contribution >= 4 is 5.91 Å². The molecule has 6 nitrogen and oxygen atoms in total. The lowest BCUT2D eigenvalue weighted by Gasteiger charge is -2.33. The molecule has 0 radical (unpaired) electrons. The summed E-state index contributed by atoms with van der Waals surface area (Å²) in [5.41, 5.74) is 1.68. The van der Waals surface area contributed by atoms with Gasteiger partial charge in [0.05, 0.1) is 7.11 Å². The minimum Gasteiger partial charge on any atom is -0.496 e. The lowest BCUT2D eigenvalue weighted by molar-refractivity contribution is 0.0561. The van der Waals surface area contributed by atoms with Crippen LogP contribution in [-0.4, -0.2) is 34.6 Å². The third-order valence-corrected chi connectivity index (χ3v) is 5.09. The number of aromatic nitrogens is 2. The number of carbonyl (C=O) groups is 1. The van der Waals surface area contributed by atoms with Crippen LogP contribution in [0.4, 0.5) is 0 Å². The number of amides is 1. The average molecular weight is 377 g/mol. The molecule has 1 atom stereocenters. The van der Waals surface area contributed by atoms with Crippen molar-refractivity contribution in [3.05, 3.63) is 77.4 Å². The molecular weight excluding hydrogens is 354 g/mol. The molecule has 144 valence electrons. The van der Waals surface area contributed by atoms with E-state index in [1.165, 1.54) is 0 Å². The molecule has 3 aromatic rings. The van der Waals surface area contributed by atoms with E-state index < -0.39 is 0 Å². The van der Waals surface area contributed by atoms with E-state index in [4.69, 9.17) is 9.26 Å². The summed E-state index contributed by atoms with van der Waals surface area (Å²) in [4.78, 5) is 19.4. The van der Waals surface area contributed by atoms with Crippen LogP contribution in [0.3, 0.4) is 0 Å². The van der Waals surface area contributed by atoms with Crippen molar-refractivity contribution in [2.45, 2.75) is 31.7 Å². The molecule has 0 aliphatic carbocycles. The molecule has 0 unspecified atom stereocenters. The highest BCUT2D eigenvalue weighted by molar-refractivity contribution is 5.94. The number of likely N-dealkylation sites (tertiary alicyclic amines) is 1. The Labute approximate surface area is 164 Å². The Hall–Kier alpha value is -3.15. The number of ether oxygens (including phenoxy) is 1. The molecule has 0 spiro atoms. The first-order valence-corrected chi connectivity index (χ1v) is 9.56. The van der Waals surface area contributed by atoms with E-state index in [0.717, 1.165) is 30.6 Å². The van der Waals surface area contributed by atoms with Gasteiger partial charge in [-0.05, 0) is 37.5 Å². The van der Waals surface area contributed by atoms with E-state index >= 15 is 0 Å². The van der Waals surface area contributed by atoms with Gasteiger partial charge in [0.2, 0.25) is 5.89 Å². The molecule has 2 aromatic carbocycles. The molecule has 1 saturated heterocycles. The Morgan fingerprint density at radius 1 is 1.14 bits per heavy atom. The second-order valence-corrected chi connectivity index (χ2v) is 6.91. The Balaban J connectivity index is 1.55. The minimum atomic E-state index is -0.180. The molecule has 28 heavy (non-hydrogen) atoms. The Morgan fingerprint density at radius 3 is 2.75 bits per heavy atom. The number of para-hydroxylation sites is 1. The van der Waals surface area contributed by atoms with Crippen LogP contribution < -0.4 is 4.74 Å². The van der Waals surface area contributed by atoms with Crippen molar-refractivity contribution in [2.24, 2.45) is 0 Å². The van der Waals surface area contributed by atoms with E-state index in [9.17, 15) is 4.79 Å². The number of benzene rings is 2. The SMILES string of the molecule is COc1ccccc1Cc1noc([C@@H]2CCCCN2C(=O)c2ccccc2)n1. The van der Waals surface area contributed by atoms with E-state index in [2.05, 4.69) is 10.1 Å². The average Bonchev–Trinajstić information content (AvgIpc) is 3.22. The van der Waals surface area contributed by atoms with Crippen molar-refractivity contribution < 1.29 is 14.1 Å². The summed E-state index contributed by atoms with van der Waals surface area (Å²) in [6.07, 6.45) is 3.37. The molecule has 1 aromatic heterocycles. The van der Waals surface area contributed by atoms with Gasteiger partial charge in [0, 0.05) is 24.1 Å². The summed E-state index contributed by atoms with van der Waals surface area (Å²) in [7, 11) is 1.65. The predicted molar refractivity (Wildman–Crippen MR) is 104 cm³/mol. The third-order valence-electron chi connectivity index (χ3n) is 5.09. The highest BCUT2D eigenvalue weighted by Gasteiger charge is 2.32. The lowest BCUT2D eigenvalue weighted by atomic mass is 10.0. The van der Waals surface area contributed by atoms with E-state index in [0.29, 0.717) is 30.2 Å². The van der Waals surface area contributed by atoms with Gasteiger partial charge in [0.25, 0.3) is 5.91 Å². The largest absolute Gasteiger partial charge is 0.496 e. The number of methoxy groups -OCH3 is 1. The third kappa shape index (κ3) is 3.76. The van der Waals surface area contributed by atoms with Crippen LogP contribution in [0.2, 0.25) is 0 Å². The van der Waals surface area contributed by atoms with Crippen LogP contribution in [0.15, 0.2) is 59.1 Å². The fourth-order valence-corrected chi connectivity index (χ4v) is 3.67. The van der Waals surface area contributed by atoms with Crippen LogP contribution in [0, 0.1) is 0 Å². The summed E-state index contributed by atoms with van der Waals surface area (Å²) < 4.78 is 11.0. The normalized spacial score (nSPS) is 16.8. The van der Waals surface area contributed by atoms with Crippen LogP contribution in [-0.2, 0) is 6.42 Å². The highest BCUT2D eigenvalue weighted by Crippen LogP contribution is 2.31. The van der Waals surface area contributed by atoms with E-state index in [1.807, 2.05) is 59.5 Å². The number of hydrogen-bond donors (Lipinski definition) is 0. The first-order valence-electron chi connectivity index (χ1n) is 9.56. The van der Waals surface area contributed by atoms with E-state index in [1.54, 1.807) is 7.11 Å². The van der Waals surface area contributed by atoms with Gasteiger partial charge in [-0.15, -0.1) is 0 Å². The van der Waals surface area contributed by atoms with Crippen LogP contribution >= 0.6 is 0 Å². The Bertz CT molecular complexity index is 939. The molecule has 0 N–H and O–H groups in total. The molecular formula is C22H23N3O3. The van der Waals surface area contributed by atoms with Gasteiger partial charge < -0.3 is 14.2 Å². The fourth-order valence-electron chi connectivity index (χ4n) is 3.67. The molecule has 4 rings (SSSR count). The topological polar surface area (TPSA) is 68.5 Å². The van der Waals surface area contributed by atoms with Gasteiger partial charge in [-0.3, -0.25) is 4.79 Å². The molecule has 0 bridgehead atoms. The van der Waals surface area contributed by atoms with Crippen molar-refractivity contribution in [3.8, 4) is 5.75 Å². The smallest absolute Gasteiger partial charge is 0.254 e. The molecule has 0 saturated carbocycles. The van der Waals surface area contributed by atoms with Crippen molar-refractivity contribution in [2.75, 3.05) is 13.7 Å². The minimum absolute atomic E-state index is 0.00905. The lowest BCUT2D eigenvalue weighted by Crippen LogP contribution is -2.38. The quantitative estimate of drug-likeness (QED) is 0.671. The molecule has 1 aliphatic rings. The summed E-state index contributed by atoms with van der Waals surface area (Å²) >= 11 is 0. The van der Waals surface area contributed by atoms with Crippen molar-refractivity contribution in [1.82, 2.24) is 15.0 Å². The molecule has 6 heteroatoms. The summed E-state index contributed by atoms with van der Waals surface area (Å²) in [6.45, 7) is 0.697. The molecule has 1 aliphatic heterocycles. The monoisotopic (exact) mass is 377 g/mol. The van der Waals surface area contributed by atoms with Gasteiger partial charge in [-0.2, -0.15) is 4.98 Å². The van der Waals surface area contributed by atoms with Crippen LogP contribution in [0.25, 0.3) is 0 Å². The highest BCUT2D eigenvalue weighted by atomic mass is 16.5. The van der Waals surface area contributed by atoms with E-state index in [-0.39, 0.29) is 11.9 Å². The zero-order valence-corrected chi connectivity index (χ0v) is 15.9. The number of nitrogens with zero attached hydrogens (tertiary/aromatic N) is 3.